The Labute approximate surface area is 142 Å². The summed E-state index contributed by atoms with van der Waals surface area (Å²) in [5, 5.41) is 0.450. The zero-order valence-electron chi connectivity index (χ0n) is 14.1. The van der Waals surface area contributed by atoms with E-state index >= 15 is 0 Å². The highest BCUT2D eigenvalue weighted by molar-refractivity contribution is 7.84. The molecule has 3 rings (SSSR count). The lowest BCUT2D eigenvalue weighted by Crippen LogP contribution is -2.17. The van der Waals surface area contributed by atoms with Gasteiger partial charge in [-0.1, -0.05) is 0 Å². The third-order valence-corrected chi connectivity index (χ3v) is 5.15. The van der Waals surface area contributed by atoms with Crippen LogP contribution in [0.5, 0.6) is 11.5 Å². The molecule has 2 heterocycles. The molecule has 3 aromatic rings. The lowest BCUT2D eigenvalue weighted by molar-refractivity contribution is -0.389. The van der Waals surface area contributed by atoms with Crippen molar-refractivity contribution in [1.29, 1.82) is 0 Å². The lowest BCUT2D eigenvalue weighted by atomic mass is 10.1. The van der Waals surface area contributed by atoms with Crippen LogP contribution in [-0.4, -0.2) is 28.4 Å². The van der Waals surface area contributed by atoms with Gasteiger partial charge in [0.05, 0.1) is 47.2 Å². The van der Waals surface area contributed by atoms with Crippen LogP contribution in [0.25, 0.3) is 11.0 Å². The number of hydrogen-bond donors (Lipinski definition) is 1. The number of nitrogens with one attached hydrogen (secondary N) is 2. The van der Waals surface area contributed by atoms with Gasteiger partial charge >= 0.3 is 0 Å². The number of fused-ring (bicyclic) bond motifs is 1. The number of aromatic nitrogens is 3. The number of aryl methyl sites for hydroxylation is 1. The van der Waals surface area contributed by atoms with Gasteiger partial charge in [-0.2, -0.15) is 0 Å². The summed E-state index contributed by atoms with van der Waals surface area (Å²) in [5.74, 6) is 1.88. The van der Waals surface area contributed by atoms with Crippen LogP contribution < -0.4 is 14.5 Å². The molecule has 0 fully saturated rings. The van der Waals surface area contributed by atoms with Crippen LogP contribution in [0.2, 0.25) is 0 Å². The van der Waals surface area contributed by atoms with Crippen molar-refractivity contribution in [3.8, 4) is 11.5 Å². The van der Waals surface area contributed by atoms with E-state index in [-0.39, 0.29) is 0 Å². The van der Waals surface area contributed by atoms with Crippen LogP contribution in [0.1, 0.15) is 16.8 Å². The molecule has 0 amide bonds. The largest absolute Gasteiger partial charge is 0.497 e. The number of nitrogens with zero attached hydrogens (tertiary/aromatic N) is 1. The van der Waals surface area contributed by atoms with Crippen LogP contribution in [0.3, 0.4) is 0 Å². The predicted molar refractivity (Wildman–Crippen MR) is 91.8 cm³/mol. The number of pyridine rings is 1. The summed E-state index contributed by atoms with van der Waals surface area (Å²) in [4.78, 5) is 10.7. The minimum Gasteiger partial charge on any atom is -0.497 e. The number of ether oxygens (including phenoxy) is 2. The van der Waals surface area contributed by atoms with E-state index in [1.54, 1.807) is 14.2 Å². The second-order valence-electron chi connectivity index (χ2n) is 5.52. The molecular weight excluding hydrogens is 326 g/mol. The van der Waals surface area contributed by atoms with Gasteiger partial charge in [0.25, 0.3) is 0 Å². The van der Waals surface area contributed by atoms with Gasteiger partial charge in [0.15, 0.2) is 17.0 Å². The van der Waals surface area contributed by atoms with Gasteiger partial charge in [0.2, 0.25) is 0 Å². The molecule has 2 aromatic heterocycles. The summed E-state index contributed by atoms with van der Waals surface area (Å²) >= 11 is 0. The van der Waals surface area contributed by atoms with Crippen molar-refractivity contribution in [2.24, 2.45) is 0 Å². The number of H-pyrrole nitrogens is 2. The molecule has 0 aliphatic carbocycles. The van der Waals surface area contributed by atoms with Crippen LogP contribution in [0.4, 0.5) is 0 Å². The van der Waals surface area contributed by atoms with Gasteiger partial charge in [-0.15, -0.1) is 0 Å². The SMILES string of the molecule is COc1ccc2nc([S@@](=O)Cc3[nH+]cc(C)c(OC)c3C)[nH]c2c1. The summed E-state index contributed by atoms with van der Waals surface area (Å²) in [5.41, 5.74) is 4.42. The van der Waals surface area contributed by atoms with Crippen LogP contribution >= 0.6 is 0 Å². The molecule has 24 heavy (non-hydrogen) atoms. The summed E-state index contributed by atoms with van der Waals surface area (Å²) in [6, 6.07) is 5.52. The predicted octanol–water partition coefficient (Wildman–Crippen LogP) is 2.32. The van der Waals surface area contributed by atoms with E-state index in [0.717, 1.165) is 39.4 Å². The van der Waals surface area contributed by atoms with Gasteiger partial charge in [-0.05, 0) is 26.0 Å². The van der Waals surface area contributed by atoms with Crippen molar-refractivity contribution < 1.29 is 18.7 Å². The van der Waals surface area contributed by atoms with Crippen molar-refractivity contribution >= 4 is 21.8 Å². The summed E-state index contributed by atoms with van der Waals surface area (Å²) in [7, 11) is 1.96. The Balaban J connectivity index is 1.90. The Hall–Kier alpha value is -2.41. The first kappa shape index (κ1) is 16.4. The molecule has 126 valence electrons. The molecule has 0 spiro atoms. The van der Waals surface area contributed by atoms with Gasteiger partial charge in [0, 0.05) is 6.07 Å². The lowest BCUT2D eigenvalue weighted by Gasteiger charge is -2.07. The Kier molecular flexibility index (Phi) is 4.53. The highest BCUT2D eigenvalue weighted by atomic mass is 32.2. The zero-order chi connectivity index (χ0) is 17.3. The highest BCUT2D eigenvalue weighted by Gasteiger charge is 2.20. The fourth-order valence-corrected chi connectivity index (χ4v) is 3.79. The molecule has 0 saturated carbocycles. The minimum atomic E-state index is -1.30. The average molecular weight is 346 g/mol. The van der Waals surface area contributed by atoms with Gasteiger partial charge in [-0.3, -0.25) is 4.21 Å². The zero-order valence-corrected chi connectivity index (χ0v) is 14.9. The first-order valence-electron chi connectivity index (χ1n) is 7.50. The fourth-order valence-electron chi connectivity index (χ4n) is 2.67. The van der Waals surface area contributed by atoms with Crippen molar-refractivity contribution in [2.45, 2.75) is 24.8 Å². The molecule has 7 heteroatoms. The quantitative estimate of drug-likeness (QED) is 0.769. The molecule has 0 unspecified atom stereocenters. The summed E-state index contributed by atoms with van der Waals surface area (Å²) in [6.07, 6.45) is 1.86. The number of benzene rings is 1. The molecule has 6 nitrogen and oxygen atoms in total. The van der Waals surface area contributed by atoms with Crippen molar-refractivity contribution in [3.05, 3.63) is 41.2 Å². The van der Waals surface area contributed by atoms with E-state index in [9.17, 15) is 4.21 Å². The number of aromatic amines is 2. The van der Waals surface area contributed by atoms with Crippen molar-refractivity contribution in [1.82, 2.24) is 9.97 Å². The number of imidazole rings is 1. The molecule has 1 aromatic carbocycles. The summed E-state index contributed by atoms with van der Waals surface area (Å²) < 4.78 is 23.3. The first-order valence-corrected chi connectivity index (χ1v) is 8.82. The van der Waals surface area contributed by atoms with Crippen LogP contribution in [0, 0.1) is 13.8 Å². The molecular formula is C17H20N3O3S+. The van der Waals surface area contributed by atoms with E-state index < -0.39 is 10.8 Å². The standard InChI is InChI=1S/C17H19N3O3S/c1-10-8-18-15(11(2)16(10)23-4)9-24(21)17-19-13-6-5-12(22-3)7-14(13)20-17/h5-8H,9H2,1-4H3,(H,19,20)/p+1/t24-/m0/s1. The Bertz CT molecular complexity index is 921. The maximum absolute atomic E-state index is 12.7. The smallest absolute Gasteiger partial charge is 0.199 e. The normalized spacial score (nSPS) is 12.3. The molecule has 0 radical (unpaired) electrons. The van der Waals surface area contributed by atoms with Gasteiger partial charge in [0.1, 0.15) is 17.3 Å². The van der Waals surface area contributed by atoms with E-state index in [2.05, 4.69) is 15.0 Å². The molecule has 0 aliphatic rings. The summed E-state index contributed by atoms with van der Waals surface area (Å²) in [6.45, 7) is 3.92. The highest BCUT2D eigenvalue weighted by Crippen LogP contribution is 2.24. The number of rotatable bonds is 5. The molecule has 0 aliphatic heterocycles. The Morgan fingerprint density at radius 1 is 1.25 bits per heavy atom. The molecule has 0 bridgehead atoms. The Morgan fingerprint density at radius 3 is 2.75 bits per heavy atom. The minimum absolute atomic E-state index is 0.333. The third-order valence-electron chi connectivity index (χ3n) is 3.98. The molecule has 2 N–H and O–H groups in total. The third kappa shape index (κ3) is 2.99. The maximum Gasteiger partial charge on any atom is 0.199 e. The van der Waals surface area contributed by atoms with Crippen molar-refractivity contribution in [3.63, 3.8) is 0 Å². The van der Waals surface area contributed by atoms with Gasteiger partial charge in [-0.25, -0.2) is 9.97 Å². The number of hydrogen-bond acceptors (Lipinski definition) is 4. The van der Waals surface area contributed by atoms with Crippen molar-refractivity contribution in [2.75, 3.05) is 14.2 Å². The Morgan fingerprint density at radius 2 is 2.04 bits per heavy atom. The second-order valence-corrected chi connectivity index (χ2v) is 6.89. The monoisotopic (exact) mass is 346 g/mol. The topological polar surface area (TPSA) is 78.3 Å². The molecule has 1 atom stereocenters. The first-order chi connectivity index (χ1) is 11.5. The molecule has 0 saturated heterocycles. The van der Waals surface area contributed by atoms with Crippen LogP contribution in [0.15, 0.2) is 29.6 Å². The fraction of sp³-hybridized carbons (Fsp3) is 0.294. The van der Waals surface area contributed by atoms with E-state index in [4.69, 9.17) is 9.47 Å². The second kappa shape index (κ2) is 6.60. The number of methoxy groups -OCH3 is 2. The van der Waals surface area contributed by atoms with Gasteiger partial charge < -0.3 is 14.5 Å². The average Bonchev–Trinajstić information content (AvgIpc) is 3.01. The van der Waals surface area contributed by atoms with Crippen LogP contribution in [-0.2, 0) is 16.6 Å². The van der Waals surface area contributed by atoms with E-state index in [0.29, 0.717) is 10.9 Å². The van der Waals surface area contributed by atoms with E-state index in [1.165, 1.54) is 0 Å². The van der Waals surface area contributed by atoms with E-state index in [1.807, 2.05) is 38.2 Å². The maximum atomic E-state index is 12.7.